The van der Waals surface area contributed by atoms with Crippen molar-refractivity contribution >= 4 is 11.1 Å². The monoisotopic (exact) mass is 238 g/mol. The predicted molar refractivity (Wildman–Crippen MR) is 72.0 cm³/mol. The van der Waals surface area contributed by atoms with Gasteiger partial charge in [-0.05, 0) is 36.8 Å². The van der Waals surface area contributed by atoms with Gasteiger partial charge in [-0.25, -0.2) is 4.98 Å². The Bertz CT molecular complexity index is 671. The van der Waals surface area contributed by atoms with E-state index in [1.54, 1.807) is 0 Å². The lowest BCUT2D eigenvalue weighted by Crippen LogP contribution is -2.04. The molecule has 3 nitrogen and oxygen atoms in total. The first-order valence-electron chi connectivity index (χ1n) is 5.95. The minimum atomic E-state index is 0.00581. The summed E-state index contributed by atoms with van der Waals surface area (Å²) in [7, 11) is 0. The Morgan fingerprint density at radius 3 is 2.61 bits per heavy atom. The van der Waals surface area contributed by atoms with Gasteiger partial charge in [0.1, 0.15) is 5.52 Å². The zero-order chi connectivity index (χ0) is 12.5. The van der Waals surface area contributed by atoms with E-state index in [1.165, 1.54) is 0 Å². The number of nitrogens with zero attached hydrogens (tertiary/aromatic N) is 1. The Morgan fingerprint density at radius 2 is 1.89 bits per heavy atom. The minimum absolute atomic E-state index is 0.00581. The van der Waals surface area contributed by atoms with Gasteiger partial charge in [0.15, 0.2) is 5.58 Å². The topological polar surface area (TPSA) is 52.0 Å². The van der Waals surface area contributed by atoms with Gasteiger partial charge in [-0.15, -0.1) is 0 Å². The van der Waals surface area contributed by atoms with Crippen LogP contribution in [0.2, 0.25) is 0 Å². The largest absolute Gasteiger partial charge is 0.436 e. The van der Waals surface area contributed by atoms with Crippen LogP contribution in [0.25, 0.3) is 22.6 Å². The van der Waals surface area contributed by atoms with E-state index in [0.29, 0.717) is 5.89 Å². The lowest BCUT2D eigenvalue weighted by molar-refractivity contribution is 0.619. The molecular formula is C15H14N2O. The van der Waals surface area contributed by atoms with E-state index in [4.69, 9.17) is 10.2 Å². The summed E-state index contributed by atoms with van der Waals surface area (Å²) >= 11 is 0. The summed E-state index contributed by atoms with van der Waals surface area (Å²) in [6.45, 7) is 1.96. The van der Waals surface area contributed by atoms with Gasteiger partial charge >= 0.3 is 0 Å². The van der Waals surface area contributed by atoms with Gasteiger partial charge in [-0.2, -0.15) is 0 Å². The third-order valence-corrected chi connectivity index (χ3v) is 2.96. The summed E-state index contributed by atoms with van der Waals surface area (Å²) < 4.78 is 5.74. The normalized spacial score (nSPS) is 12.8. The number of rotatable bonds is 2. The minimum Gasteiger partial charge on any atom is -0.436 e. The molecule has 2 N–H and O–H groups in total. The molecule has 0 saturated carbocycles. The van der Waals surface area contributed by atoms with Crippen LogP contribution in [0.15, 0.2) is 52.9 Å². The fourth-order valence-electron chi connectivity index (χ4n) is 1.93. The van der Waals surface area contributed by atoms with Crippen LogP contribution >= 0.6 is 0 Å². The Labute approximate surface area is 105 Å². The SMILES string of the molecule is CC(N)c1ccc2oc(-c3ccccc3)nc2c1. The first-order valence-corrected chi connectivity index (χ1v) is 5.95. The summed E-state index contributed by atoms with van der Waals surface area (Å²) in [6, 6.07) is 15.8. The molecule has 0 aliphatic rings. The van der Waals surface area contributed by atoms with Crippen LogP contribution in [0.4, 0.5) is 0 Å². The summed E-state index contributed by atoms with van der Waals surface area (Å²) in [5.74, 6) is 0.646. The number of hydrogen-bond acceptors (Lipinski definition) is 3. The van der Waals surface area contributed by atoms with E-state index >= 15 is 0 Å². The van der Waals surface area contributed by atoms with E-state index in [9.17, 15) is 0 Å². The van der Waals surface area contributed by atoms with Crippen LogP contribution in [0.5, 0.6) is 0 Å². The van der Waals surface area contributed by atoms with Crippen molar-refractivity contribution in [1.82, 2.24) is 4.98 Å². The third-order valence-electron chi connectivity index (χ3n) is 2.96. The summed E-state index contributed by atoms with van der Waals surface area (Å²) in [5, 5.41) is 0. The van der Waals surface area contributed by atoms with Crippen LogP contribution in [0.3, 0.4) is 0 Å². The van der Waals surface area contributed by atoms with E-state index in [1.807, 2.05) is 55.5 Å². The zero-order valence-corrected chi connectivity index (χ0v) is 10.1. The van der Waals surface area contributed by atoms with E-state index in [2.05, 4.69) is 4.98 Å². The van der Waals surface area contributed by atoms with Crippen LogP contribution in [-0.2, 0) is 0 Å². The second-order valence-electron chi connectivity index (χ2n) is 4.40. The molecule has 3 heteroatoms. The van der Waals surface area contributed by atoms with Crippen LogP contribution in [0.1, 0.15) is 18.5 Å². The number of fused-ring (bicyclic) bond motifs is 1. The van der Waals surface area contributed by atoms with Gasteiger partial charge in [-0.1, -0.05) is 24.3 Å². The molecule has 0 aliphatic heterocycles. The zero-order valence-electron chi connectivity index (χ0n) is 10.1. The van der Waals surface area contributed by atoms with Crippen LogP contribution in [-0.4, -0.2) is 4.98 Å². The molecular weight excluding hydrogens is 224 g/mol. The van der Waals surface area contributed by atoms with Gasteiger partial charge < -0.3 is 10.2 Å². The Morgan fingerprint density at radius 1 is 1.11 bits per heavy atom. The second-order valence-corrected chi connectivity index (χ2v) is 4.40. The molecule has 0 fully saturated rings. The van der Waals surface area contributed by atoms with E-state index < -0.39 is 0 Å². The van der Waals surface area contributed by atoms with Crippen molar-refractivity contribution in [2.75, 3.05) is 0 Å². The lowest BCUT2D eigenvalue weighted by atomic mass is 10.1. The molecule has 3 rings (SSSR count). The summed E-state index contributed by atoms with van der Waals surface area (Å²) in [5.41, 5.74) is 9.55. The average Bonchev–Trinajstić information content (AvgIpc) is 2.82. The molecule has 0 aliphatic carbocycles. The molecule has 0 radical (unpaired) electrons. The third kappa shape index (κ3) is 1.89. The number of nitrogens with two attached hydrogens (primary N) is 1. The lowest BCUT2D eigenvalue weighted by Gasteiger charge is -2.03. The molecule has 0 bridgehead atoms. The highest BCUT2D eigenvalue weighted by Gasteiger charge is 2.09. The molecule has 18 heavy (non-hydrogen) atoms. The van der Waals surface area contributed by atoms with Crippen molar-refractivity contribution in [3.8, 4) is 11.5 Å². The molecule has 1 heterocycles. The fourth-order valence-corrected chi connectivity index (χ4v) is 1.93. The highest BCUT2D eigenvalue weighted by Crippen LogP contribution is 2.25. The second kappa shape index (κ2) is 4.27. The molecule has 0 amide bonds. The van der Waals surface area contributed by atoms with Crippen LogP contribution < -0.4 is 5.73 Å². The molecule has 1 aromatic heterocycles. The Kier molecular flexibility index (Phi) is 2.61. The maximum atomic E-state index is 5.86. The maximum absolute atomic E-state index is 5.86. The van der Waals surface area contributed by atoms with Crippen molar-refractivity contribution in [2.45, 2.75) is 13.0 Å². The molecule has 0 spiro atoms. The standard InChI is InChI=1S/C15H14N2O/c1-10(16)12-7-8-14-13(9-12)17-15(18-14)11-5-3-2-4-6-11/h2-10H,16H2,1H3. The van der Waals surface area contributed by atoms with Crippen molar-refractivity contribution in [3.63, 3.8) is 0 Å². The molecule has 0 saturated heterocycles. The van der Waals surface area contributed by atoms with Crippen molar-refractivity contribution in [1.29, 1.82) is 0 Å². The maximum Gasteiger partial charge on any atom is 0.227 e. The first-order chi connectivity index (χ1) is 8.74. The number of hydrogen-bond donors (Lipinski definition) is 1. The predicted octanol–water partition coefficient (Wildman–Crippen LogP) is 3.51. The summed E-state index contributed by atoms with van der Waals surface area (Å²) in [4.78, 5) is 4.50. The number of oxazole rings is 1. The van der Waals surface area contributed by atoms with Crippen molar-refractivity contribution < 1.29 is 4.42 Å². The van der Waals surface area contributed by atoms with Gasteiger partial charge in [0.05, 0.1) is 0 Å². The highest BCUT2D eigenvalue weighted by molar-refractivity contribution is 5.77. The number of benzene rings is 2. The molecule has 90 valence electrons. The first kappa shape index (κ1) is 11.0. The van der Waals surface area contributed by atoms with E-state index in [-0.39, 0.29) is 6.04 Å². The fraction of sp³-hybridized carbons (Fsp3) is 0.133. The van der Waals surface area contributed by atoms with Gasteiger partial charge in [-0.3, -0.25) is 0 Å². The molecule has 1 unspecified atom stereocenters. The van der Waals surface area contributed by atoms with E-state index in [0.717, 1.165) is 22.2 Å². The van der Waals surface area contributed by atoms with Gasteiger partial charge in [0.25, 0.3) is 0 Å². The average molecular weight is 238 g/mol. The van der Waals surface area contributed by atoms with Gasteiger partial charge in [0.2, 0.25) is 5.89 Å². The quantitative estimate of drug-likeness (QED) is 0.743. The Hall–Kier alpha value is -2.13. The molecule has 2 aromatic carbocycles. The van der Waals surface area contributed by atoms with Gasteiger partial charge in [0, 0.05) is 11.6 Å². The van der Waals surface area contributed by atoms with Crippen LogP contribution in [0, 0.1) is 0 Å². The highest BCUT2D eigenvalue weighted by atomic mass is 16.3. The van der Waals surface area contributed by atoms with Crippen molar-refractivity contribution in [3.05, 3.63) is 54.1 Å². The Balaban J connectivity index is 2.11. The molecule has 3 aromatic rings. The summed E-state index contributed by atoms with van der Waals surface area (Å²) in [6.07, 6.45) is 0. The van der Waals surface area contributed by atoms with Crippen molar-refractivity contribution in [2.24, 2.45) is 5.73 Å². The molecule has 1 atom stereocenters. The smallest absolute Gasteiger partial charge is 0.227 e. The number of aromatic nitrogens is 1.